The van der Waals surface area contributed by atoms with Crippen LogP contribution in [-0.4, -0.2) is 34.7 Å². The Bertz CT molecular complexity index is 811. The molecule has 0 radical (unpaired) electrons. The highest BCUT2D eigenvalue weighted by molar-refractivity contribution is 14.1. The maximum Gasteiger partial charge on any atom is 0.287 e. The fourth-order valence-electron chi connectivity index (χ4n) is 4.10. The molecule has 3 fully saturated rings. The summed E-state index contributed by atoms with van der Waals surface area (Å²) in [5, 5.41) is 21.3. The second-order valence-electron chi connectivity index (χ2n) is 7.03. The van der Waals surface area contributed by atoms with Gasteiger partial charge in [-0.25, -0.2) is 22.2 Å². The quantitative estimate of drug-likeness (QED) is 0.417. The molecule has 0 unspecified atom stereocenters. The van der Waals surface area contributed by atoms with E-state index in [1.54, 1.807) is 0 Å². The van der Waals surface area contributed by atoms with E-state index < -0.39 is 40.7 Å². The van der Waals surface area contributed by atoms with Crippen molar-refractivity contribution in [2.24, 2.45) is 5.41 Å². The first kappa shape index (κ1) is 17.1. The summed E-state index contributed by atoms with van der Waals surface area (Å²) in [6.07, 6.45) is 1.79. The Labute approximate surface area is 153 Å². The molecule has 25 heavy (non-hydrogen) atoms. The van der Waals surface area contributed by atoms with Gasteiger partial charge >= 0.3 is 0 Å². The summed E-state index contributed by atoms with van der Waals surface area (Å²) < 4.78 is 59.2. The number of hydrogen-bond donors (Lipinski definition) is 1. The number of rotatable bonds is 5. The molecule has 134 valence electrons. The Morgan fingerprint density at radius 1 is 1.24 bits per heavy atom. The van der Waals surface area contributed by atoms with E-state index in [1.807, 2.05) is 0 Å². The molecule has 1 atom stereocenters. The number of tetrazole rings is 1. The number of alkyl halides is 3. The molecule has 0 saturated heterocycles. The van der Waals surface area contributed by atoms with E-state index in [0.717, 1.165) is 23.1 Å². The van der Waals surface area contributed by atoms with E-state index in [9.17, 15) is 13.9 Å². The number of aliphatic hydroxyl groups is 1. The second-order valence-corrected chi connectivity index (χ2v) is 9.32. The van der Waals surface area contributed by atoms with Gasteiger partial charge < -0.3 is 5.11 Å². The first-order valence-electron chi connectivity index (χ1n) is 7.56. The molecular formula is C15H13F4IN4O. The van der Waals surface area contributed by atoms with E-state index in [-0.39, 0.29) is 22.7 Å². The van der Waals surface area contributed by atoms with Gasteiger partial charge in [0.25, 0.3) is 5.92 Å². The van der Waals surface area contributed by atoms with Crippen molar-refractivity contribution < 1.29 is 22.7 Å². The van der Waals surface area contributed by atoms with Crippen LogP contribution in [0, 0.1) is 17.0 Å². The van der Waals surface area contributed by atoms with Crippen LogP contribution in [0.2, 0.25) is 0 Å². The molecule has 0 amide bonds. The molecule has 2 bridgehead atoms. The van der Waals surface area contributed by atoms with Gasteiger partial charge in [0, 0.05) is 20.5 Å². The largest absolute Gasteiger partial charge is 0.377 e. The molecule has 3 saturated carbocycles. The van der Waals surface area contributed by atoms with Crippen molar-refractivity contribution in [1.29, 1.82) is 0 Å². The van der Waals surface area contributed by atoms with E-state index in [0.29, 0.717) is 6.07 Å². The monoisotopic (exact) mass is 468 g/mol. The molecule has 3 aliphatic carbocycles. The first-order valence-corrected chi connectivity index (χ1v) is 8.64. The third-order valence-corrected chi connectivity index (χ3v) is 6.45. The average molecular weight is 468 g/mol. The lowest BCUT2D eigenvalue weighted by molar-refractivity contribution is -0.324. The Balaban J connectivity index is 1.81. The summed E-state index contributed by atoms with van der Waals surface area (Å²) >= 11 is 2.14. The molecule has 5 nitrogen and oxygen atoms in total. The Hall–Kier alpha value is -1.30. The number of nitrogens with zero attached hydrogens (tertiary/aromatic N) is 4. The molecule has 3 aliphatic rings. The Kier molecular flexibility index (Phi) is 3.51. The van der Waals surface area contributed by atoms with Crippen LogP contribution in [0.3, 0.4) is 0 Å². The molecule has 5 rings (SSSR count). The number of aromatic nitrogens is 4. The van der Waals surface area contributed by atoms with Crippen LogP contribution in [0.25, 0.3) is 0 Å². The lowest BCUT2D eigenvalue weighted by Crippen LogP contribution is -2.75. The fourth-order valence-corrected chi connectivity index (χ4v) is 6.29. The lowest BCUT2D eigenvalue weighted by atomic mass is 9.40. The van der Waals surface area contributed by atoms with Gasteiger partial charge in [0.2, 0.25) is 0 Å². The lowest BCUT2D eigenvalue weighted by Gasteiger charge is -2.71. The molecule has 1 N–H and O–H groups in total. The van der Waals surface area contributed by atoms with E-state index in [1.165, 1.54) is 0 Å². The first-order chi connectivity index (χ1) is 11.6. The fraction of sp³-hybridized carbons (Fsp3) is 0.533. The Morgan fingerprint density at radius 3 is 2.44 bits per heavy atom. The molecular weight excluding hydrogens is 455 g/mol. The maximum atomic E-state index is 15.5. The van der Waals surface area contributed by atoms with Crippen molar-refractivity contribution in [3.63, 3.8) is 0 Å². The van der Waals surface area contributed by atoms with Crippen LogP contribution >= 0.6 is 22.6 Å². The van der Waals surface area contributed by atoms with Crippen LogP contribution in [0.4, 0.5) is 17.6 Å². The summed E-state index contributed by atoms with van der Waals surface area (Å²) in [6, 6.07) is 2.19. The van der Waals surface area contributed by atoms with Crippen LogP contribution in [0.5, 0.6) is 0 Å². The third kappa shape index (κ3) is 2.25. The summed E-state index contributed by atoms with van der Waals surface area (Å²) in [5.41, 5.74) is -4.96. The highest BCUT2D eigenvalue weighted by atomic mass is 127. The van der Waals surface area contributed by atoms with Gasteiger partial charge in [-0.05, 0) is 41.8 Å². The molecule has 2 aromatic rings. The molecule has 0 spiro atoms. The standard InChI is InChI=1S/C15H13F4IN4O/c16-9-1-2-10(11(17)3-9)14(25,7-24-8-21-22-23-24)15(18,19)12-4-13(20,5-12)6-12/h1-3,8,25H,4-7H2/t12?,13?,14-/m0/s1. The van der Waals surface area contributed by atoms with Gasteiger partial charge in [-0.1, -0.05) is 22.6 Å². The minimum atomic E-state index is -3.64. The van der Waals surface area contributed by atoms with Gasteiger partial charge in [-0.3, -0.25) is 0 Å². The van der Waals surface area contributed by atoms with Gasteiger partial charge in [0.05, 0.1) is 6.54 Å². The Morgan fingerprint density at radius 2 is 1.92 bits per heavy atom. The zero-order valence-electron chi connectivity index (χ0n) is 12.8. The van der Waals surface area contributed by atoms with Crippen molar-refractivity contribution in [3.05, 3.63) is 41.7 Å². The minimum absolute atomic E-state index is 0.168. The molecule has 10 heteroatoms. The molecule has 0 aliphatic heterocycles. The third-order valence-electron chi connectivity index (χ3n) is 5.31. The SMILES string of the molecule is O[C@@](Cn1cnnn1)(c1ccc(F)cc1F)C(F)(F)C12CC(I)(C1)C2. The van der Waals surface area contributed by atoms with Crippen molar-refractivity contribution >= 4 is 22.6 Å². The van der Waals surface area contributed by atoms with Crippen molar-refractivity contribution in [2.45, 2.75) is 40.8 Å². The van der Waals surface area contributed by atoms with Crippen LogP contribution in [0.1, 0.15) is 24.8 Å². The zero-order chi connectivity index (χ0) is 18.1. The minimum Gasteiger partial charge on any atom is -0.377 e. The summed E-state index contributed by atoms with van der Waals surface area (Å²) in [5.74, 6) is -5.78. The van der Waals surface area contributed by atoms with Crippen LogP contribution in [0.15, 0.2) is 24.5 Å². The molecule has 1 heterocycles. The summed E-state index contributed by atoms with van der Waals surface area (Å²) in [4.78, 5) is 0. The van der Waals surface area contributed by atoms with E-state index in [4.69, 9.17) is 0 Å². The van der Waals surface area contributed by atoms with Crippen molar-refractivity contribution in [3.8, 4) is 0 Å². The van der Waals surface area contributed by atoms with E-state index >= 15 is 8.78 Å². The molecule has 1 aromatic carbocycles. The summed E-state index contributed by atoms with van der Waals surface area (Å²) in [6.45, 7) is -0.744. The smallest absolute Gasteiger partial charge is 0.287 e. The van der Waals surface area contributed by atoms with E-state index in [2.05, 4.69) is 38.1 Å². The molecule has 1 aromatic heterocycles. The number of benzene rings is 1. The highest BCUT2D eigenvalue weighted by Gasteiger charge is 2.81. The highest BCUT2D eigenvalue weighted by Crippen LogP contribution is 2.79. The summed E-state index contributed by atoms with van der Waals surface area (Å²) in [7, 11) is 0. The second kappa shape index (κ2) is 5.12. The average Bonchev–Trinajstić information content (AvgIpc) is 2.95. The van der Waals surface area contributed by atoms with Crippen LogP contribution in [-0.2, 0) is 12.1 Å². The van der Waals surface area contributed by atoms with Gasteiger partial charge in [-0.15, -0.1) is 5.10 Å². The predicted molar refractivity (Wildman–Crippen MR) is 86.1 cm³/mol. The van der Waals surface area contributed by atoms with Gasteiger partial charge in [-0.2, -0.15) is 0 Å². The predicted octanol–water partition coefficient (Wildman–Crippen LogP) is 2.83. The maximum absolute atomic E-state index is 15.5. The van der Waals surface area contributed by atoms with Gasteiger partial charge in [0.15, 0.2) is 5.60 Å². The van der Waals surface area contributed by atoms with Gasteiger partial charge in [0.1, 0.15) is 18.0 Å². The normalized spacial score (nSPS) is 30.3. The van der Waals surface area contributed by atoms with Crippen molar-refractivity contribution in [1.82, 2.24) is 20.2 Å². The van der Waals surface area contributed by atoms with Crippen molar-refractivity contribution in [2.75, 3.05) is 0 Å². The number of hydrogen-bond acceptors (Lipinski definition) is 4. The zero-order valence-corrected chi connectivity index (χ0v) is 14.9. The topological polar surface area (TPSA) is 63.8 Å². The van der Waals surface area contributed by atoms with Crippen LogP contribution < -0.4 is 0 Å². The number of halogens is 5.